The topological polar surface area (TPSA) is 29.1 Å². The van der Waals surface area contributed by atoms with Gasteiger partial charge >= 0.3 is 0 Å². The van der Waals surface area contributed by atoms with Crippen LogP contribution in [0.1, 0.15) is 15.9 Å². The molecular weight excluding hydrogens is 278 g/mol. The maximum absolute atomic E-state index is 12.2. The standard InChI is InChI=1S/C18H15NOS/c20-18(19-13-14-6-2-1-3-7-14)16-9-4-8-15(12-16)17-10-5-11-21-17/h1-12H,13H2,(H,19,20). The van der Waals surface area contributed by atoms with E-state index in [1.807, 2.05) is 66.0 Å². The van der Waals surface area contributed by atoms with Crippen molar-refractivity contribution in [1.29, 1.82) is 0 Å². The summed E-state index contributed by atoms with van der Waals surface area (Å²) in [5.41, 5.74) is 2.87. The monoisotopic (exact) mass is 293 g/mol. The molecule has 1 aromatic heterocycles. The smallest absolute Gasteiger partial charge is 0.251 e. The van der Waals surface area contributed by atoms with E-state index in [2.05, 4.69) is 11.4 Å². The van der Waals surface area contributed by atoms with Crippen LogP contribution in [0, 0.1) is 0 Å². The lowest BCUT2D eigenvalue weighted by Crippen LogP contribution is -2.22. The van der Waals surface area contributed by atoms with E-state index in [1.165, 1.54) is 4.88 Å². The largest absolute Gasteiger partial charge is 0.348 e. The van der Waals surface area contributed by atoms with Crippen LogP contribution < -0.4 is 5.32 Å². The minimum atomic E-state index is -0.0442. The first kappa shape index (κ1) is 13.6. The Hall–Kier alpha value is -2.39. The summed E-state index contributed by atoms with van der Waals surface area (Å²) in [5.74, 6) is -0.0442. The molecule has 3 rings (SSSR count). The van der Waals surface area contributed by atoms with Gasteiger partial charge in [-0.3, -0.25) is 4.79 Å². The van der Waals surface area contributed by atoms with Crippen LogP contribution in [0.3, 0.4) is 0 Å². The Balaban J connectivity index is 1.72. The molecule has 0 fully saturated rings. The Morgan fingerprint density at radius 2 is 1.81 bits per heavy atom. The van der Waals surface area contributed by atoms with E-state index in [1.54, 1.807) is 11.3 Å². The number of thiophene rings is 1. The van der Waals surface area contributed by atoms with E-state index in [0.717, 1.165) is 11.1 Å². The number of hydrogen-bond donors (Lipinski definition) is 1. The average Bonchev–Trinajstić information content (AvgIpc) is 3.08. The third-order valence-electron chi connectivity index (χ3n) is 3.23. The molecule has 0 aliphatic carbocycles. The summed E-state index contributed by atoms with van der Waals surface area (Å²) >= 11 is 1.67. The van der Waals surface area contributed by atoms with Crippen LogP contribution in [0.25, 0.3) is 10.4 Å². The van der Waals surface area contributed by atoms with Crippen molar-refractivity contribution >= 4 is 17.2 Å². The number of hydrogen-bond acceptors (Lipinski definition) is 2. The van der Waals surface area contributed by atoms with Crippen LogP contribution in [-0.2, 0) is 6.54 Å². The fourth-order valence-corrected chi connectivity index (χ4v) is 2.86. The maximum atomic E-state index is 12.2. The molecule has 2 nitrogen and oxygen atoms in total. The summed E-state index contributed by atoms with van der Waals surface area (Å²) in [7, 11) is 0. The van der Waals surface area contributed by atoms with Gasteiger partial charge in [0.05, 0.1) is 0 Å². The molecule has 0 unspecified atom stereocenters. The van der Waals surface area contributed by atoms with Gasteiger partial charge in [-0.05, 0) is 34.7 Å². The first-order valence-corrected chi connectivity index (χ1v) is 7.67. The van der Waals surface area contributed by atoms with Gasteiger partial charge in [0.25, 0.3) is 5.91 Å². The fourth-order valence-electron chi connectivity index (χ4n) is 2.14. The van der Waals surface area contributed by atoms with Crippen molar-refractivity contribution in [3.05, 3.63) is 83.2 Å². The van der Waals surface area contributed by atoms with Crippen LogP contribution in [0.2, 0.25) is 0 Å². The molecule has 0 aliphatic rings. The summed E-state index contributed by atoms with van der Waals surface area (Å²) in [6, 6.07) is 21.7. The summed E-state index contributed by atoms with van der Waals surface area (Å²) in [6.07, 6.45) is 0. The third kappa shape index (κ3) is 3.38. The zero-order valence-electron chi connectivity index (χ0n) is 11.5. The van der Waals surface area contributed by atoms with Crippen molar-refractivity contribution in [2.24, 2.45) is 0 Å². The minimum absolute atomic E-state index is 0.0442. The lowest BCUT2D eigenvalue weighted by molar-refractivity contribution is 0.0951. The van der Waals surface area contributed by atoms with Crippen molar-refractivity contribution in [2.45, 2.75) is 6.54 Å². The first-order chi connectivity index (χ1) is 10.3. The van der Waals surface area contributed by atoms with Gasteiger partial charge in [-0.1, -0.05) is 48.5 Å². The van der Waals surface area contributed by atoms with Gasteiger partial charge in [-0.15, -0.1) is 11.3 Å². The van der Waals surface area contributed by atoms with Gasteiger partial charge in [-0.2, -0.15) is 0 Å². The Morgan fingerprint density at radius 3 is 2.57 bits per heavy atom. The molecule has 2 aromatic carbocycles. The quantitative estimate of drug-likeness (QED) is 0.761. The second-order valence-electron chi connectivity index (χ2n) is 4.73. The maximum Gasteiger partial charge on any atom is 0.251 e. The minimum Gasteiger partial charge on any atom is -0.348 e. The molecule has 0 radical (unpaired) electrons. The molecule has 104 valence electrons. The molecule has 0 saturated heterocycles. The third-order valence-corrected chi connectivity index (χ3v) is 4.15. The highest BCUT2D eigenvalue weighted by atomic mass is 32.1. The van der Waals surface area contributed by atoms with Crippen LogP contribution in [0.4, 0.5) is 0 Å². The lowest BCUT2D eigenvalue weighted by atomic mass is 10.1. The molecule has 3 aromatic rings. The van der Waals surface area contributed by atoms with Gasteiger partial charge in [0, 0.05) is 17.0 Å². The van der Waals surface area contributed by atoms with E-state index in [9.17, 15) is 4.79 Å². The molecule has 0 bridgehead atoms. The van der Waals surface area contributed by atoms with Gasteiger partial charge in [-0.25, -0.2) is 0 Å². The molecule has 1 amide bonds. The highest BCUT2D eigenvalue weighted by Crippen LogP contribution is 2.25. The second-order valence-corrected chi connectivity index (χ2v) is 5.67. The highest BCUT2D eigenvalue weighted by molar-refractivity contribution is 7.13. The lowest BCUT2D eigenvalue weighted by Gasteiger charge is -2.06. The fraction of sp³-hybridized carbons (Fsp3) is 0.0556. The molecule has 3 heteroatoms. The van der Waals surface area contributed by atoms with Gasteiger partial charge in [0.1, 0.15) is 0 Å². The number of benzene rings is 2. The van der Waals surface area contributed by atoms with Crippen LogP contribution in [0.5, 0.6) is 0 Å². The second kappa shape index (κ2) is 6.37. The Kier molecular flexibility index (Phi) is 4.12. The predicted molar refractivity (Wildman–Crippen MR) is 87.4 cm³/mol. The predicted octanol–water partition coefficient (Wildman–Crippen LogP) is 4.35. The summed E-state index contributed by atoms with van der Waals surface area (Å²) in [6.45, 7) is 0.545. The first-order valence-electron chi connectivity index (χ1n) is 6.79. The van der Waals surface area contributed by atoms with Gasteiger partial charge < -0.3 is 5.32 Å². The Bertz CT molecular complexity index is 720. The molecule has 0 atom stereocenters. The average molecular weight is 293 g/mol. The number of carbonyl (C=O) groups is 1. The van der Waals surface area contributed by atoms with Crippen LogP contribution in [0.15, 0.2) is 72.1 Å². The van der Waals surface area contributed by atoms with Crippen molar-refractivity contribution in [2.75, 3.05) is 0 Å². The van der Waals surface area contributed by atoms with Crippen molar-refractivity contribution in [3.8, 4) is 10.4 Å². The highest BCUT2D eigenvalue weighted by Gasteiger charge is 2.07. The Labute approximate surface area is 128 Å². The number of nitrogens with one attached hydrogen (secondary N) is 1. The number of rotatable bonds is 4. The zero-order valence-corrected chi connectivity index (χ0v) is 12.3. The normalized spacial score (nSPS) is 10.3. The van der Waals surface area contributed by atoms with E-state index in [0.29, 0.717) is 12.1 Å². The number of amides is 1. The van der Waals surface area contributed by atoms with E-state index in [4.69, 9.17) is 0 Å². The molecule has 1 heterocycles. The molecule has 21 heavy (non-hydrogen) atoms. The van der Waals surface area contributed by atoms with E-state index < -0.39 is 0 Å². The van der Waals surface area contributed by atoms with Crippen molar-refractivity contribution < 1.29 is 4.79 Å². The Morgan fingerprint density at radius 1 is 0.952 bits per heavy atom. The SMILES string of the molecule is O=C(NCc1ccccc1)c1cccc(-c2cccs2)c1. The summed E-state index contributed by atoms with van der Waals surface area (Å²) in [5, 5.41) is 4.99. The molecule has 0 spiro atoms. The van der Waals surface area contributed by atoms with E-state index in [-0.39, 0.29) is 5.91 Å². The van der Waals surface area contributed by atoms with Gasteiger partial charge in [0.2, 0.25) is 0 Å². The van der Waals surface area contributed by atoms with Crippen molar-refractivity contribution in [3.63, 3.8) is 0 Å². The summed E-state index contributed by atoms with van der Waals surface area (Å²) in [4.78, 5) is 13.4. The molecule has 0 saturated carbocycles. The molecular formula is C18H15NOS. The van der Waals surface area contributed by atoms with E-state index >= 15 is 0 Å². The van der Waals surface area contributed by atoms with Gasteiger partial charge in [0.15, 0.2) is 0 Å². The number of carbonyl (C=O) groups excluding carboxylic acids is 1. The zero-order chi connectivity index (χ0) is 14.5. The molecule has 0 aliphatic heterocycles. The molecule has 1 N–H and O–H groups in total. The van der Waals surface area contributed by atoms with Crippen LogP contribution in [-0.4, -0.2) is 5.91 Å². The van der Waals surface area contributed by atoms with Crippen LogP contribution >= 0.6 is 11.3 Å². The van der Waals surface area contributed by atoms with Crippen molar-refractivity contribution in [1.82, 2.24) is 5.32 Å². The summed E-state index contributed by atoms with van der Waals surface area (Å²) < 4.78 is 0.